The lowest BCUT2D eigenvalue weighted by molar-refractivity contribution is -0.174. The molecule has 0 fully saturated rings. The summed E-state index contributed by atoms with van der Waals surface area (Å²) in [7, 11) is 0. The maximum Gasteiger partial charge on any atom is 0.471 e. The van der Waals surface area contributed by atoms with Gasteiger partial charge in [0.2, 0.25) is 0 Å². The Balaban J connectivity index is 1.89. The second-order valence-corrected chi connectivity index (χ2v) is 5.63. The van der Waals surface area contributed by atoms with Crippen LogP contribution in [0, 0.1) is 0 Å². The number of alkyl halides is 3. The fourth-order valence-corrected chi connectivity index (χ4v) is 2.61. The molecule has 2 aromatic carbocycles. The summed E-state index contributed by atoms with van der Waals surface area (Å²) in [4.78, 5) is 15.9. The van der Waals surface area contributed by atoms with Crippen LogP contribution in [0.5, 0.6) is 0 Å². The van der Waals surface area contributed by atoms with E-state index < -0.39 is 18.1 Å². The molecule has 0 aliphatic carbocycles. The number of carbonyl (C=O) groups excluding carboxylic acids is 1. The van der Waals surface area contributed by atoms with E-state index >= 15 is 0 Å². The molecular formula is C19H15F3N2O. The van der Waals surface area contributed by atoms with Crippen LogP contribution in [0.25, 0.3) is 10.9 Å². The average Bonchev–Trinajstić information content (AvgIpc) is 2.61. The Morgan fingerprint density at radius 2 is 1.64 bits per heavy atom. The quantitative estimate of drug-likeness (QED) is 0.771. The van der Waals surface area contributed by atoms with Gasteiger partial charge in [-0.25, -0.2) is 0 Å². The first-order chi connectivity index (χ1) is 11.9. The van der Waals surface area contributed by atoms with Crippen LogP contribution in [0.1, 0.15) is 17.3 Å². The van der Waals surface area contributed by atoms with Crippen molar-refractivity contribution < 1.29 is 18.0 Å². The molecule has 1 amide bonds. The van der Waals surface area contributed by atoms with Crippen LogP contribution in [0.3, 0.4) is 0 Å². The van der Waals surface area contributed by atoms with Gasteiger partial charge in [0.1, 0.15) is 0 Å². The largest absolute Gasteiger partial charge is 0.471 e. The number of rotatable bonds is 4. The molecule has 3 aromatic rings. The van der Waals surface area contributed by atoms with Crippen LogP contribution in [-0.2, 0) is 11.2 Å². The maximum absolute atomic E-state index is 12.6. The highest BCUT2D eigenvalue weighted by molar-refractivity contribution is 5.82. The van der Waals surface area contributed by atoms with Crippen molar-refractivity contribution in [3.8, 4) is 0 Å². The Morgan fingerprint density at radius 3 is 2.36 bits per heavy atom. The first kappa shape index (κ1) is 17.0. The number of fused-ring (bicyclic) bond motifs is 1. The number of carbonyl (C=O) groups is 1. The molecule has 1 aromatic heterocycles. The third-order valence-corrected chi connectivity index (χ3v) is 3.83. The zero-order valence-electron chi connectivity index (χ0n) is 13.1. The Hall–Kier alpha value is -2.89. The van der Waals surface area contributed by atoms with E-state index in [-0.39, 0.29) is 6.42 Å². The minimum Gasteiger partial charge on any atom is -0.341 e. The van der Waals surface area contributed by atoms with Gasteiger partial charge in [-0.2, -0.15) is 13.2 Å². The van der Waals surface area contributed by atoms with Gasteiger partial charge in [0.25, 0.3) is 0 Å². The molecule has 0 aliphatic heterocycles. The van der Waals surface area contributed by atoms with E-state index in [4.69, 9.17) is 0 Å². The molecule has 0 saturated heterocycles. The second-order valence-electron chi connectivity index (χ2n) is 5.63. The van der Waals surface area contributed by atoms with Crippen LogP contribution in [0.4, 0.5) is 13.2 Å². The van der Waals surface area contributed by atoms with E-state index in [1.54, 1.807) is 36.4 Å². The Kier molecular flexibility index (Phi) is 4.70. The third kappa shape index (κ3) is 4.15. The number of hydrogen-bond donors (Lipinski definition) is 1. The van der Waals surface area contributed by atoms with Crippen LogP contribution in [0.15, 0.2) is 66.7 Å². The number of nitrogens with one attached hydrogen (secondary N) is 1. The lowest BCUT2D eigenvalue weighted by atomic mass is 10.0. The number of para-hydroxylation sites is 1. The van der Waals surface area contributed by atoms with Gasteiger partial charge in [0.05, 0.1) is 11.6 Å². The van der Waals surface area contributed by atoms with Gasteiger partial charge >= 0.3 is 12.1 Å². The number of aromatic nitrogens is 1. The smallest absolute Gasteiger partial charge is 0.341 e. The van der Waals surface area contributed by atoms with Crippen molar-refractivity contribution in [3.63, 3.8) is 0 Å². The summed E-state index contributed by atoms with van der Waals surface area (Å²) in [5, 5.41) is 3.01. The van der Waals surface area contributed by atoms with E-state index in [9.17, 15) is 18.0 Å². The summed E-state index contributed by atoms with van der Waals surface area (Å²) in [6, 6.07) is 18.9. The first-order valence-electron chi connectivity index (χ1n) is 7.71. The van der Waals surface area contributed by atoms with E-state index in [1.165, 1.54) is 0 Å². The molecule has 0 saturated carbocycles. The summed E-state index contributed by atoms with van der Waals surface area (Å²) >= 11 is 0. The van der Waals surface area contributed by atoms with Crippen molar-refractivity contribution in [3.05, 3.63) is 78.0 Å². The standard InChI is InChI=1S/C19H15F3N2O/c20-19(21,22)18(25)24-17(13-6-2-1-3-7-13)12-15-11-10-14-8-4-5-9-16(14)23-15/h1-11,17H,12H2,(H,24,25). The number of pyridine rings is 1. The topological polar surface area (TPSA) is 42.0 Å². The first-order valence-corrected chi connectivity index (χ1v) is 7.71. The number of halogens is 3. The summed E-state index contributed by atoms with van der Waals surface area (Å²) in [6.45, 7) is 0. The van der Waals surface area contributed by atoms with E-state index in [1.807, 2.05) is 30.3 Å². The van der Waals surface area contributed by atoms with Gasteiger partial charge in [-0.05, 0) is 17.7 Å². The maximum atomic E-state index is 12.6. The third-order valence-electron chi connectivity index (χ3n) is 3.83. The van der Waals surface area contributed by atoms with Gasteiger partial charge in [0.15, 0.2) is 0 Å². The Labute approximate surface area is 142 Å². The molecule has 6 heteroatoms. The van der Waals surface area contributed by atoms with E-state index in [0.29, 0.717) is 11.3 Å². The zero-order valence-corrected chi connectivity index (χ0v) is 13.1. The molecule has 0 radical (unpaired) electrons. The fourth-order valence-electron chi connectivity index (χ4n) is 2.61. The van der Waals surface area contributed by atoms with Crippen LogP contribution < -0.4 is 5.32 Å². The van der Waals surface area contributed by atoms with Crippen molar-refractivity contribution in [1.82, 2.24) is 10.3 Å². The van der Waals surface area contributed by atoms with Crippen molar-refractivity contribution in [1.29, 1.82) is 0 Å². The van der Waals surface area contributed by atoms with Crippen molar-refractivity contribution >= 4 is 16.8 Å². The number of hydrogen-bond acceptors (Lipinski definition) is 2. The van der Waals surface area contributed by atoms with Gasteiger partial charge < -0.3 is 5.32 Å². The molecule has 1 atom stereocenters. The molecule has 0 spiro atoms. The second kappa shape index (κ2) is 6.93. The minimum atomic E-state index is -4.93. The molecule has 128 valence electrons. The van der Waals surface area contributed by atoms with Gasteiger partial charge in [0, 0.05) is 17.5 Å². The number of amides is 1. The Bertz CT molecular complexity index is 878. The number of benzene rings is 2. The molecule has 1 heterocycles. The lowest BCUT2D eigenvalue weighted by Gasteiger charge is -2.20. The van der Waals surface area contributed by atoms with E-state index in [0.717, 1.165) is 10.9 Å². The minimum absolute atomic E-state index is 0.163. The van der Waals surface area contributed by atoms with E-state index in [2.05, 4.69) is 10.3 Å². The molecule has 1 N–H and O–H groups in total. The van der Waals surface area contributed by atoms with Gasteiger partial charge in [-0.15, -0.1) is 0 Å². The summed E-state index contributed by atoms with van der Waals surface area (Å²) in [5.74, 6) is -1.96. The fraction of sp³-hybridized carbons (Fsp3) is 0.158. The highest BCUT2D eigenvalue weighted by Gasteiger charge is 2.39. The molecule has 0 bridgehead atoms. The predicted molar refractivity (Wildman–Crippen MR) is 88.8 cm³/mol. The molecule has 0 aliphatic rings. The molecule has 3 nitrogen and oxygen atoms in total. The molecule has 3 rings (SSSR count). The van der Waals surface area contributed by atoms with Gasteiger partial charge in [-0.1, -0.05) is 54.6 Å². The SMILES string of the molecule is O=C(NC(Cc1ccc2ccccc2n1)c1ccccc1)C(F)(F)F. The zero-order chi connectivity index (χ0) is 17.9. The summed E-state index contributed by atoms with van der Waals surface area (Å²) < 4.78 is 37.9. The molecule has 1 unspecified atom stereocenters. The Morgan fingerprint density at radius 1 is 0.960 bits per heavy atom. The predicted octanol–water partition coefficient (Wildman–Crippen LogP) is 4.20. The van der Waals surface area contributed by atoms with Crippen LogP contribution in [-0.4, -0.2) is 17.1 Å². The van der Waals surface area contributed by atoms with Crippen molar-refractivity contribution in [2.45, 2.75) is 18.6 Å². The van der Waals surface area contributed by atoms with Crippen molar-refractivity contribution in [2.24, 2.45) is 0 Å². The monoisotopic (exact) mass is 344 g/mol. The average molecular weight is 344 g/mol. The molecule has 25 heavy (non-hydrogen) atoms. The number of nitrogens with zero attached hydrogens (tertiary/aromatic N) is 1. The van der Waals surface area contributed by atoms with Crippen molar-refractivity contribution in [2.75, 3.05) is 0 Å². The highest BCUT2D eigenvalue weighted by Crippen LogP contribution is 2.22. The van der Waals surface area contributed by atoms with Crippen LogP contribution in [0.2, 0.25) is 0 Å². The highest BCUT2D eigenvalue weighted by atomic mass is 19.4. The van der Waals surface area contributed by atoms with Crippen LogP contribution >= 0.6 is 0 Å². The summed E-state index contributed by atoms with van der Waals surface area (Å²) in [5.41, 5.74) is 1.96. The lowest BCUT2D eigenvalue weighted by Crippen LogP contribution is -2.39. The molecular weight excluding hydrogens is 329 g/mol. The summed E-state index contributed by atoms with van der Waals surface area (Å²) in [6.07, 6.45) is -4.76. The van der Waals surface area contributed by atoms with Gasteiger partial charge in [-0.3, -0.25) is 9.78 Å². The normalized spacial score (nSPS) is 12.8.